The van der Waals surface area contributed by atoms with Crippen LogP contribution in [0.3, 0.4) is 0 Å². The van der Waals surface area contributed by atoms with Gasteiger partial charge in [0.1, 0.15) is 0 Å². The number of halogens is 3. The number of nitrogens with one attached hydrogen (secondary N) is 1. The van der Waals surface area contributed by atoms with Gasteiger partial charge < -0.3 is 5.32 Å². The highest BCUT2D eigenvalue weighted by atomic mass is 19.4. The molecule has 3 atom stereocenters. The van der Waals surface area contributed by atoms with Crippen LogP contribution in [0, 0.1) is 11.8 Å². The van der Waals surface area contributed by atoms with Crippen LogP contribution in [0.1, 0.15) is 40.0 Å². The smallest absolute Gasteiger partial charge is 0.311 e. The molecule has 2 fully saturated rings. The van der Waals surface area contributed by atoms with E-state index in [1.54, 1.807) is 0 Å². The highest BCUT2D eigenvalue weighted by Gasteiger charge is 2.48. The Kier molecular flexibility index (Phi) is 5.21. The van der Waals surface area contributed by atoms with E-state index in [9.17, 15) is 13.2 Å². The number of rotatable bonds is 6. The SMILES string of the molecule is CCC(C)C1CN(CCOC(F)(F)F)C(C)(C2CC2)CN1. The molecular weight excluding hydrogens is 281 g/mol. The molecule has 2 aliphatic rings. The Hall–Kier alpha value is -0.330. The largest absolute Gasteiger partial charge is 0.522 e. The van der Waals surface area contributed by atoms with Crippen LogP contribution in [0.5, 0.6) is 0 Å². The summed E-state index contributed by atoms with van der Waals surface area (Å²) in [5.41, 5.74) is -0.0288. The lowest BCUT2D eigenvalue weighted by Gasteiger charge is -2.50. The number of ether oxygens (including phenoxy) is 1. The van der Waals surface area contributed by atoms with Crippen molar-refractivity contribution in [2.45, 2.75) is 58.0 Å². The zero-order valence-electron chi connectivity index (χ0n) is 13.2. The Labute approximate surface area is 125 Å². The summed E-state index contributed by atoms with van der Waals surface area (Å²) in [5.74, 6) is 1.13. The van der Waals surface area contributed by atoms with E-state index in [4.69, 9.17) is 0 Å². The van der Waals surface area contributed by atoms with E-state index >= 15 is 0 Å². The summed E-state index contributed by atoms with van der Waals surface area (Å²) in [6.07, 6.45) is -1.09. The standard InChI is InChI=1S/C15H27F3N2O/c1-4-11(2)13-9-20(7-8-21-15(16,17)18)14(3,10-19-13)12-5-6-12/h11-13,19H,4-10H2,1-3H3. The van der Waals surface area contributed by atoms with Crippen LogP contribution >= 0.6 is 0 Å². The van der Waals surface area contributed by atoms with Crippen LogP contribution in [-0.2, 0) is 4.74 Å². The number of nitrogens with zero attached hydrogens (tertiary/aromatic N) is 1. The number of piperazine rings is 1. The third kappa shape index (κ3) is 4.33. The molecule has 3 nitrogen and oxygen atoms in total. The van der Waals surface area contributed by atoms with Crippen LogP contribution < -0.4 is 5.32 Å². The van der Waals surface area contributed by atoms with Gasteiger partial charge in [0.05, 0.1) is 6.61 Å². The van der Waals surface area contributed by atoms with Gasteiger partial charge in [-0.3, -0.25) is 9.64 Å². The Bertz CT molecular complexity index is 346. The van der Waals surface area contributed by atoms with Gasteiger partial charge in [0.2, 0.25) is 0 Å². The van der Waals surface area contributed by atoms with Crippen molar-refractivity contribution in [1.29, 1.82) is 0 Å². The zero-order valence-corrected chi connectivity index (χ0v) is 13.2. The first-order valence-corrected chi connectivity index (χ1v) is 7.95. The van der Waals surface area contributed by atoms with Crippen molar-refractivity contribution in [2.75, 3.05) is 26.2 Å². The number of hydrogen-bond acceptors (Lipinski definition) is 3. The highest BCUT2D eigenvalue weighted by molar-refractivity contribution is 5.05. The molecule has 0 aromatic rings. The summed E-state index contributed by atoms with van der Waals surface area (Å²) in [7, 11) is 0. The molecule has 21 heavy (non-hydrogen) atoms. The Morgan fingerprint density at radius 1 is 1.38 bits per heavy atom. The zero-order chi connectivity index (χ0) is 15.7. The van der Waals surface area contributed by atoms with E-state index in [0.29, 0.717) is 24.4 Å². The molecule has 1 saturated heterocycles. The van der Waals surface area contributed by atoms with Gasteiger partial charge in [-0.15, -0.1) is 13.2 Å². The van der Waals surface area contributed by atoms with Crippen LogP contribution in [0.2, 0.25) is 0 Å². The first-order valence-electron chi connectivity index (χ1n) is 7.95. The molecule has 1 saturated carbocycles. The monoisotopic (exact) mass is 308 g/mol. The van der Waals surface area contributed by atoms with Crippen molar-refractivity contribution >= 4 is 0 Å². The molecule has 0 aromatic carbocycles. The molecule has 0 aromatic heterocycles. The van der Waals surface area contributed by atoms with E-state index in [1.165, 1.54) is 12.8 Å². The first-order chi connectivity index (χ1) is 9.76. The summed E-state index contributed by atoms with van der Waals surface area (Å²) < 4.78 is 40.5. The summed E-state index contributed by atoms with van der Waals surface area (Å²) in [4.78, 5) is 2.23. The molecule has 1 N–H and O–H groups in total. The first kappa shape index (κ1) is 17.0. The minimum Gasteiger partial charge on any atom is -0.311 e. The second-order valence-electron chi connectivity index (χ2n) is 6.74. The van der Waals surface area contributed by atoms with Gasteiger partial charge in [-0.2, -0.15) is 0 Å². The van der Waals surface area contributed by atoms with Gasteiger partial charge >= 0.3 is 6.36 Å². The maximum atomic E-state index is 12.2. The molecule has 0 bridgehead atoms. The molecule has 1 aliphatic heterocycles. The molecule has 0 amide bonds. The van der Waals surface area contributed by atoms with Gasteiger partial charge in [-0.1, -0.05) is 20.3 Å². The van der Waals surface area contributed by atoms with Crippen molar-refractivity contribution in [2.24, 2.45) is 11.8 Å². The molecule has 6 heteroatoms. The second-order valence-corrected chi connectivity index (χ2v) is 6.74. The lowest BCUT2D eigenvalue weighted by molar-refractivity contribution is -0.325. The van der Waals surface area contributed by atoms with Crippen molar-refractivity contribution < 1.29 is 17.9 Å². The normalized spacial score (nSPS) is 33.1. The minimum absolute atomic E-state index is 0.0288. The van der Waals surface area contributed by atoms with E-state index in [1.807, 2.05) is 0 Å². The number of alkyl halides is 3. The van der Waals surface area contributed by atoms with E-state index in [2.05, 4.69) is 35.7 Å². The quantitative estimate of drug-likeness (QED) is 0.816. The molecule has 124 valence electrons. The van der Waals surface area contributed by atoms with Gasteiger partial charge in [0, 0.05) is 31.2 Å². The fraction of sp³-hybridized carbons (Fsp3) is 1.00. The predicted molar refractivity (Wildman–Crippen MR) is 76.0 cm³/mol. The maximum Gasteiger partial charge on any atom is 0.522 e. The number of hydrogen-bond donors (Lipinski definition) is 1. The maximum absolute atomic E-state index is 12.2. The van der Waals surface area contributed by atoms with Gasteiger partial charge in [0.15, 0.2) is 0 Å². The summed E-state index contributed by atoms with van der Waals surface area (Å²) in [6.45, 7) is 8.26. The van der Waals surface area contributed by atoms with Crippen LogP contribution in [0.15, 0.2) is 0 Å². The van der Waals surface area contributed by atoms with Crippen molar-refractivity contribution in [3.05, 3.63) is 0 Å². The average Bonchev–Trinajstić information content (AvgIpc) is 3.23. The Balaban J connectivity index is 1.96. The molecule has 0 radical (unpaired) electrons. The summed E-state index contributed by atoms with van der Waals surface area (Å²) in [5, 5.41) is 3.61. The predicted octanol–water partition coefficient (Wildman–Crippen LogP) is 3.01. The van der Waals surface area contributed by atoms with Crippen LogP contribution in [0.4, 0.5) is 13.2 Å². The van der Waals surface area contributed by atoms with Gasteiger partial charge in [0.25, 0.3) is 0 Å². The Morgan fingerprint density at radius 3 is 2.57 bits per heavy atom. The van der Waals surface area contributed by atoms with E-state index < -0.39 is 6.36 Å². The van der Waals surface area contributed by atoms with Crippen LogP contribution in [-0.4, -0.2) is 49.1 Å². The molecule has 3 unspecified atom stereocenters. The lowest BCUT2D eigenvalue weighted by Crippen LogP contribution is -2.66. The fourth-order valence-electron chi connectivity index (χ4n) is 3.35. The van der Waals surface area contributed by atoms with Gasteiger partial charge in [-0.05, 0) is 31.6 Å². The Morgan fingerprint density at radius 2 is 2.05 bits per heavy atom. The van der Waals surface area contributed by atoms with Crippen molar-refractivity contribution in [3.63, 3.8) is 0 Å². The van der Waals surface area contributed by atoms with Crippen LogP contribution in [0.25, 0.3) is 0 Å². The topological polar surface area (TPSA) is 24.5 Å². The third-order valence-corrected chi connectivity index (χ3v) is 5.28. The molecule has 1 aliphatic carbocycles. The summed E-state index contributed by atoms with van der Waals surface area (Å²) >= 11 is 0. The van der Waals surface area contributed by atoms with Gasteiger partial charge in [-0.25, -0.2) is 0 Å². The molecule has 2 rings (SSSR count). The fourth-order valence-corrected chi connectivity index (χ4v) is 3.35. The average molecular weight is 308 g/mol. The molecular formula is C15H27F3N2O. The van der Waals surface area contributed by atoms with E-state index in [-0.39, 0.29) is 12.1 Å². The molecule has 1 heterocycles. The third-order valence-electron chi connectivity index (χ3n) is 5.28. The lowest BCUT2D eigenvalue weighted by atomic mass is 9.86. The second kappa shape index (κ2) is 6.42. The van der Waals surface area contributed by atoms with E-state index in [0.717, 1.165) is 19.5 Å². The van der Waals surface area contributed by atoms with Crippen molar-refractivity contribution in [1.82, 2.24) is 10.2 Å². The van der Waals surface area contributed by atoms with Crippen molar-refractivity contribution in [3.8, 4) is 0 Å². The summed E-state index contributed by atoms with van der Waals surface area (Å²) in [6, 6.07) is 0.354. The minimum atomic E-state index is -4.53. The highest BCUT2D eigenvalue weighted by Crippen LogP contribution is 2.44. The molecule has 0 spiro atoms.